The van der Waals surface area contributed by atoms with E-state index in [1.807, 2.05) is 13.0 Å². The highest BCUT2D eigenvalue weighted by molar-refractivity contribution is 5.55. The topological polar surface area (TPSA) is 43.7 Å². The standard InChI is InChI=1S/C14H23NO2/c1-11(2)15(7-4-8-16)14-6-5-12(3)9-13(14)10-17/h5-6,9,11,16-17H,4,7-8,10H2,1-3H3. The lowest BCUT2D eigenvalue weighted by molar-refractivity contribution is 0.280. The molecule has 0 radical (unpaired) electrons. The zero-order valence-electron chi connectivity index (χ0n) is 11.0. The summed E-state index contributed by atoms with van der Waals surface area (Å²) in [7, 11) is 0. The first kappa shape index (κ1) is 14.0. The van der Waals surface area contributed by atoms with E-state index in [4.69, 9.17) is 5.11 Å². The highest BCUT2D eigenvalue weighted by atomic mass is 16.3. The number of anilines is 1. The Labute approximate surface area is 104 Å². The first-order valence-electron chi connectivity index (χ1n) is 6.18. The maximum atomic E-state index is 9.42. The van der Waals surface area contributed by atoms with Gasteiger partial charge >= 0.3 is 0 Å². The van der Waals surface area contributed by atoms with Crippen LogP contribution in [0, 0.1) is 6.92 Å². The Morgan fingerprint density at radius 2 is 1.94 bits per heavy atom. The summed E-state index contributed by atoms with van der Waals surface area (Å²) in [5.41, 5.74) is 3.18. The van der Waals surface area contributed by atoms with E-state index in [9.17, 15) is 5.11 Å². The summed E-state index contributed by atoms with van der Waals surface area (Å²) in [6, 6.07) is 6.49. The van der Waals surface area contributed by atoms with E-state index in [1.54, 1.807) is 0 Å². The molecule has 0 aromatic heterocycles. The highest BCUT2D eigenvalue weighted by Crippen LogP contribution is 2.24. The van der Waals surface area contributed by atoms with E-state index >= 15 is 0 Å². The molecule has 0 aliphatic rings. The molecule has 0 fully saturated rings. The summed E-state index contributed by atoms with van der Waals surface area (Å²) in [5, 5.41) is 18.4. The quantitative estimate of drug-likeness (QED) is 0.796. The van der Waals surface area contributed by atoms with Crippen LogP contribution in [-0.4, -0.2) is 29.4 Å². The van der Waals surface area contributed by atoms with Crippen molar-refractivity contribution in [2.45, 2.75) is 39.8 Å². The minimum Gasteiger partial charge on any atom is -0.396 e. The molecule has 0 aliphatic carbocycles. The van der Waals surface area contributed by atoms with Gasteiger partial charge in [0.25, 0.3) is 0 Å². The smallest absolute Gasteiger partial charge is 0.0702 e. The Morgan fingerprint density at radius 3 is 2.47 bits per heavy atom. The molecule has 17 heavy (non-hydrogen) atoms. The van der Waals surface area contributed by atoms with Crippen LogP contribution < -0.4 is 4.90 Å². The second kappa shape index (κ2) is 6.62. The SMILES string of the molecule is Cc1ccc(N(CCCO)C(C)C)c(CO)c1. The third kappa shape index (κ3) is 3.72. The average Bonchev–Trinajstić information content (AvgIpc) is 2.30. The zero-order valence-corrected chi connectivity index (χ0v) is 11.0. The van der Waals surface area contributed by atoms with Gasteiger partial charge in [-0.05, 0) is 33.3 Å². The first-order valence-corrected chi connectivity index (χ1v) is 6.18. The minimum absolute atomic E-state index is 0.0549. The van der Waals surface area contributed by atoms with Gasteiger partial charge in [0, 0.05) is 30.4 Å². The molecule has 0 heterocycles. The van der Waals surface area contributed by atoms with Crippen LogP contribution in [0.4, 0.5) is 5.69 Å². The second-order valence-corrected chi connectivity index (χ2v) is 4.65. The van der Waals surface area contributed by atoms with Crippen molar-refractivity contribution in [2.75, 3.05) is 18.1 Å². The molecule has 0 spiro atoms. The Morgan fingerprint density at radius 1 is 1.24 bits per heavy atom. The molecule has 0 bridgehead atoms. The lowest BCUT2D eigenvalue weighted by Crippen LogP contribution is -2.33. The van der Waals surface area contributed by atoms with Gasteiger partial charge in [-0.25, -0.2) is 0 Å². The molecule has 1 aromatic rings. The average molecular weight is 237 g/mol. The van der Waals surface area contributed by atoms with Gasteiger partial charge in [-0.3, -0.25) is 0 Å². The lowest BCUT2D eigenvalue weighted by Gasteiger charge is -2.30. The van der Waals surface area contributed by atoms with Gasteiger partial charge < -0.3 is 15.1 Å². The maximum Gasteiger partial charge on any atom is 0.0702 e. The van der Waals surface area contributed by atoms with Crippen LogP contribution in [0.2, 0.25) is 0 Å². The normalized spacial score (nSPS) is 10.9. The molecular weight excluding hydrogens is 214 g/mol. The molecule has 0 saturated heterocycles. The molecule has 1 aromatic carbocycles. The Kier molecular flexibility index (Phi) is 5.45. The van der Waals surface area contributed by atoms with Crippen LogP contribution in [0.25, 0.3) is 0 Å². The maximum absolute atomic E-state index is 9.42. The zero-order chi connectivity index (χ0) is 12.8. The summed E-state index contributed by atoms with van der Waals surface area (Å²) in [5.74, 6) is 0. The molecule has 0 unspecified atom stereocenters. The molecule has 1 rings (SSSR count). The van der Waals surface area contributed by atoms with Gasteiger partial charge in [0.05, 0.1) is 6.61 Å². The van der Waals surface area contributed by atoms with Crippen molar-refractivity contribution >= 4 is 5.69 Å². The van der Waals surface area contributed by atoms with Crippen LogP contribution in [0.5, 0.6) is 0 Å². The van der Waals surface area contributed by atoms with Gasteiger partial charge in [0.15, 0.2) is 0 Å². The number of aryl methyl sites for hydroxylation is 1. The Balaban J connectivity index is 3.00. The van der Waals surface area contributed by atoms with E-state index < -0.39 is 0 Å². The van der Waals surface area contributed by atoms with E-state index in [1.165, 1.54) is 0 Å². The fraction of sp³-hybridized carbons (Fsp3) is 0.571. The van der Waals surface area contributed by atoms with Crippen LogP contribution in [0.3, 0.4) is 0 Å². The van der Waals surface area contributed by atoms with Gasteiger partial charge in [-0.15, -0.1) is 0 Å². The number of hydrogen-bond acceptors (Lipinski definition) is 3. The van der Waals surface area contributed by atoms with Crippen molar-refractivity contribution in [2.24, 2.45) is 0 Å². The van der Waals surface area contributed by atoms with Crippen molar-refractivity contribution in [3.05, 3.63) is 29.3 Å². The summed E-state index contributed by atoms with van der Waals surface area (Å²) in [6.07, 6.45) is 0.747. The molecule has 2 N–H and O–H groups in total. The molecular formula is C14H23NO2. The number of aliphatic hydroxyl groups is 2. The van der Waals surface area contributed by atoms with Crippen molar-refractivity contribution in [3.8, 4) is 0 Å². The number of hydrogen-bond donors (Lipinski definition) is 2. The Hall–Kier alpha value is -1.06. The summed E-state index contributed by atoms with van der Waals surface area (Å²) >= 11 is 0. The molecule has 0 aliphatic heterocycles. The predicted molar refractivity (Wildman–Crippen MR) is 71.3 cm³/mol. The monoisotopic (exact) mass is 237 g/mol. The largest absolute Gasteiger partial charge is 0.396 e. The lowest BCUT2D eigenvalue weighted by atomic mass is 10.1. The molecule has 96 valence electrons. The van der Waals surface area contributed by atoms with Crippen molar-refractivity contribution < 1.29 is 10.2 Å². The first-order chi connectivity index (χ1) is 8.10. The van der Waals surface area contributed by atoms with Crippen molar-refractivity contribution in [1.29, 1.82) is 0 Å². The predicted octanol–water partition coefficient (Wildman–Crippen LogP) is 2.08. The van der Waals surface area contributed by atoms with E-state index in [0.29, 0.717) is 6.04 Å². The van der Waals surface area contributed by atoms with Gasteiger partial charge in [-0.2, -0.15) is 0 Å². The van der Waals surface area contributed by atoms with E-state index in [2.05, 4.69) is 30.9 Å². The third-order valence-electron chi connectivity index (χ3n) is 2.90. The van der Waals surface area contributed by atoms with Crippen LogP contribution in [-0.2, 0) is 6.61 Å². The molecule has 3 heteroatoms. The molecule has 0 amide bonds. The van der Waals surface area contributed by atoms with Crippen molar-refractivity contribution in [1.82, 2.24) is 0 Å². The van der Waals surface area contributed by atoms with Crippen molar-refractivity contribution in [3.63, 3.8) is 0 Å². The number of rotatable bonds is 6. The molecule has 0 saturated carbocycles. The Bertz CT molecular complexity index is 350. The van der Waals surface area contributed by atoms with Crippen LogP contribution >= 0.6 is 0 Å². The third-order valence-corrected chi connectivity index (χ3v) is 2.90. The summed E-state index contributed by atoms with van der Waals surface area (Å²) in [6.45, 7) is 7.33. The van der Waals surface area contributed by atoms with Gasteiger partial charge in [0.1, 0.15) is 0 Å². The summed E-state index contributed by atoms with van der Waals surface area (Å²) in [4.78, 5) is 2.22. The fourth-order valence-corrected chi connectivity index (χ4v) is 2.02. The molecule has 3 nitrogen and oxygen atoms in total. The fourth-order valence-electron chi connectivity index (χ4n) is 2.02. The van der Waals surface area contributed by atoms with Gasteiger partial charge in [0.2, 0.25) is 0 Å². The number of aliphatic hydroxyl groups excluding tert-OH is 2. The number of benzene rings is 1. The summed E-state index contributed by atoms with van der Waals surface area (Å²) < 4.78 is 0. The molecule has 0 atom stereocenters. The number of nitrogens with zero attached hydrogens (tertiary/aromatic N) is 1. The van der Waals surface area contributed by atoms with E-state index in [0.717, 1.165) is 29.8 Å². The minimum atomic E-state index is 0.0549. The van der Waals surface area contributed by atoms with E-state index in [-0.39, 0.29) is 13.2 Å². The van der Waals surface area contributed by atoms with Crippen LogP contribution in [0.15, 0.2) is 18.2 Å². The van der Waals surface area contributed by atoms with Crippen LogP contribution in [0.1, 0.15) is 31.4 Å². The highest BCUT2D eigenvalue weighted by Gasteiger charge is 2.13. The van der Waals surface area contributed by atoms with Gasteiger partial charge in [-0.1, -0.05) is 17.7 Å². The second-order valence-electron chi connectivity index (χ2n) is 4.65.